The van der Waals surface area contributed by atoms with E-state index in [-0.39, 0.29) is 31.0 Å². The molecule has 0 aromatic carbocycles. The smallest absolute Gasteiger partial charge is 0.351 e. The van der Waals surface area contributed by atoms with E-state index in [1.54, 1.807) is 0 Å². The number of carbonyl (C=O) groups excluding carboxylic acids is 2. The number of hydrogen-bond donors (Lipinski definition) is 4. The zero-order chi connectivity index (χ0) is 17.3. The largest absolute Gasteiger partial charge is 0.395 e. The molecule has 1 saturated carbocycles. The second kappa shape index (κ2) is 6.33. The zero-order valence-electron chi connectivity index (χ0n) is 12.7. The first-order chi connectivity index (χ1) is 11.3. The molecule has 1 aromatic heterocycles. The van der Waals surface area contributed by atoms with Crippen LogP contribution in [-0.4, -0.2) is 46.9 Å². The van der Waals surface area contributed by atoms with Crippen LogP contribution in [0, 0.1) is 0 Å². The summed E-state index contributed by atoms with van der Waals surface area (Å²) < 4.78 is 39.5. The molecule has 2 aliphatic rings. The number of carbonyl (C=O) groups is 2. The van der Waals surface area contributed by atoms with Crippen molar-refractivity contribution in [1.29, 1.82) is 0 Å². The van der Waals surface area contributed by atoms with Crippen LogP contribution in [0.25, 0.3) is 0 Å². The van der Waals surface area contributed by atoms with E-state index in [4.69, 9.17) is 0 Å². The van der Waals surface area contributed by atoms with E-state index in [9.17, 15) is 22.8 Å². The molecule has 4 N–H and O–H groups in total. The lowest BCUT2D eigenvalue weighted by atomic mass is 9.83. The lowest BCUT2D eigenvalue weighted by molar-refractivity contribution is -0.155. The monoisotopic (exact) mass is 345 g/mol. The van der Waals surface area contributed by atoms with Gasteiger partial charge in [-0.3, -0.25) is 9.89 Å². The molecule has 2 atom stereocenters. The van der Waals surface area contributed by atoms with E-state index in [2.05, 4.69) is 26.1 Å². The fourth-order valence-corrected chi connectivity index (χ4v) is 2.85. The summed E-state index contributed by atoms with van der Waals surface area (Å²) in [6, 6.07) is -0.941. The van der Waals surface area contributed by atoms with Gasteiger partial charge in [-0.2, -0.15) is 18.3 Å². The van der Waals surface area contributed by atoms with Crippen molar-refractivity contribution in [1.82, 2.24) is 26.1 Å². The maximum atomic E-state index is 13.2. The number of aromatic nitrogens is 2. The van der Waals surface area contributed by atoms with Crippen LogP contribution < -0.4 is 16.0 Å². The highest BCUT2D eigenvalue weighted by molar-refractivity contribution is 5.84. The Morgan fingerprint density at radius 1 is 1.25 bits per heavy atom. The van der Waals surface area contributed by atoms with Crippen molar-refractivity contribution >= 4 is 11.9 Å². The Kier molecular flexibility index (Phi) is 4.37. The molecule has 24 heavy (non-hydrogen) atoms. The summed E-state index contributed by atoms with van der Waals surface area (Å²) in [6.45, 7) is -0.276. The number of rotatable bonds is 4. The molecule has 7 nitrogen and oxygen atoms in total. The van der Waals surface area contributed by atoms with Gasteiger partial charge < -0.3 is 16.0 Å². The molecule has 3 rings (SSSR count). The third-order valence-corrected chi connectivity index (χ3v) is 4.18. The summed E-state index contributed by atoms with van der Waals surface area (Å²) in [4.78, 5) is 23.3. The molecule has 2 unspecified atom stereocenters. The topological polar surface area (TPSA) is 98.9 Å². The van der Waals surface area contributed by atoms with Gasteiger partial charge in [-0.15, -0.1) is 0 Å². The molecule has 1 heterocycles. The fraction of sp³-hybridized carbons (Fsp3) is 0.643. The van der Waals surface area contributed by atoms with Crippen LogP contribution in [0.2, 0.25) is 0 Å². The first-order valence-electron chi connectivity index (χ1n) is 7.75. The van der Waals surface area contributed by atoms with Crippen LogP contribution in [0.3, 0.4) is 0 Å². The minimum atomic E-state index is -4.40. The average Bonchev–Trinajstić information content (AvgIpc) is 3.17. The highest BCUT2D eigenvalue weighted by atomic mass is 19.4. The van der Waals surface area contributed by atoms with E-state index >= 15 is 0 Å². The molecule has 0 radical (unpaired) electrons. The molecule has 0 bridgehead atoms. The number of aromatic amines is 1. The maximum Gasteiger partial charge on any atom is 0.395 e. The average molecular weight is 345 g/mol. The summed E-state index contributed by atoms with van der Waals surface area (Å²) in [5.74, 6) is -2.17. The van der Waals surface area contributed by atoms with Crippen LogP contribution in [0.1, 0.15) is 36.4 Å². The van der Waals surface area contributed by atoms with Crippen molar-refractivity contribution in [3.05, 3.63) is 17.5 Å². The first-order valence-corrected chi connectivity index (χ1v) is 7.75. The van der Waals surface area contributed by atoms with Crippen LogP contribution in [0.5, 0.6) is 0 Å². The second-order valence-corrected chi connectivity index (χ2v) is 6.20. The lowest BCUT2D eigenvalue weighted by Gasteiger charge is -2.30. The second-order valence-electron chi connectivity index (χ2n) is 6.20. The van der Waals surface area contributed by atoms with Crippen molar-refractivity contribution in [2.24, 2.45) is 0 Å². The number of alkyl halides is 3. The SMILES string of the molecule is O=C(CNC(=O)NC1CC1)NC1Cc2[nH]ncc2C(C(F)(F)F)C1. The molecule has 0 aliphatic heterocycles. The van der Waals surface area contributed by atoms with Crippen LogP contribution in [0.15, 0.2) is 6.20 Å². The third kappa shape index (κ3) is 3.98. The van der Waals surface area contributed by atoms with E-state index in [1.165, 1.54) is 6.20 Å². The molecule has 2 aliphatic carbocycles. The minimum absolute atomic E-state index is 0.134. The Bertz CT molecular complexity index is 626. The Labute approximate surface area is 135 Å². The standard InChI is InChI=1S/C14H18F3N5O2/c15-14(16,17)10-3-8(4-11-9(10)5-19-22-11)20-12(23)6-18-13(24)21-7-1-2-7/h5,7-8,10H,1-4,6H2,(H,19,22)(H,20,23)(H2,18,21,24). The number of amides is 3. The van der Waals surface area contributed by atoms with E-state index in [0.29, 0.717) is 5.69 Å². The predicted octanol–water partition coefficient (Wildman–Crippen LogP) is 0.948. The summed E-state index contributed by atoms with van der Waals surface area (Å²) in [5, 5.41) is 13.8. The lowest BCUT2D eigenvalue weighted by Crippen LogP contribution is -2.47. The number of halogens is 3. The summed E-state index contributed by atoms with van der Waals surface area (Å²) in [5.41, 5.74) is 0.517. The Hall–Kier alpha value is -2.26. The predicted molar refractivity (Wildman–Crippen MR) is 77.2 cm³/mol. The van der Waals surface area contributed by atoms with Crippen molar-refractivity contribution in [2.75, 3.05) is 6.54 Å². The van der Waals surface area contributed by atoms with Gasteiger partial charge in [0.25, 0.3) is 0 Å². The molecule has 132 valence electrons. The van der Waals surface area contributed by atoms with E-state index < -0.39 is 30.1 Å². The number of H-pyrrole nitrogens is 1. The van der Waals surface area contributed by atoms with Crippen molar-refractivity contribution in [2.45, 2.75) is 49.9 Å². The molecule has 1 fully saturated rings. The van der Waals surface area contributed by atoms with Crippen molar-refractivity contribution < 1.29 is 22.8 Å². The van der Waals surface area contributed by atoms with Gasteiger partial charge in [0, 0.05) is 29.8 Å². The fourth-order valence-electron chi connectivity index (χ4n) is 2.85. The van der Waals surface area contributed by atoms with E-state index in [1.807, 2.05) is 0 Å². The number of nitrogens with zero attached hydrogens (tertiary/aromatic N) is 1. The number of urea groups is 1. The molecule has 0 saturated heterocycles. The van der Waals surface area contributed by atoms with Crippen molar-refractivity contribution in [3.63, 3.8) is 0 Å². The zero-order valence-corrected chi connectivity index (χ0v) is 12.7. The Balaban J connectivity index is 1.53. The molecule has 3 amide bonds. The van der Waals surface area contributed by atoms with Gasteiger partial charge in [0.1, 0.15) is 0 Å². The third-order valence-electron chi connectivity index (χ3n) is 4.18. The van der Waals surface area contributed by atoms with Gasteiger partial charge in [-0.25, -0.2) is 4.79 Å². The van der Waals surface area contributed by atoms with Gasteiger partial charge in [-0.1, -0.05) is 0 Å². The van der Waals surface area contributed by atoms with Crippen molar-refractivity contribution in [3.8, 4) is 0 Å². The summed E-state index contributed by atoms with van der Waals surface area (Å²) in [7, 11) is 0. The van der Waals surface area contributed by atoms with Gasteiger partial charge in [-0.05, 0) is 19.3 Å². The number of nitrogens with one attached hydrogen (secondary N) is 4. The molecular weight excluding hydrogens is 327 g/mol. The molecule has 0 spiro atoms. The number of hydrogen-bond acceptors (Lipinski definition) is 3. The van der Waals surface area contributed by atoms with Gasteiger partial charge in [0.15, 0.2) is 0 Å². The summed E-state index contributed by atoms with van der Waals surface area (Å²) in [6.07, 6.45) is -1.35. The Morgan fingerprint density at radius 3 is 2.67 bits per heavy atom. The molecule has 1 aromatic rings. The van der Waals surface area contributed by atoms with Crippen LogP contribution in [-0.2, 0) is 11.2 Å². The normalized spacial score (nSPS) is 23.3. The minimum Gasteiger partial charge on any atom is -0.351 e. The first kappa shape index (κ1) is 16.6. The number of fused-ring (bicyclic) bond motifs is 1. The van der Waals surface area contributed by atoms with E-state index in [0.717, 1.165) is 12.8 Å². The van der Waals surface area contributed by atoms with Gasteiger partial charge >= 0.3 is 12.2 Å². The molecule has 10 heteroatoms. The highest BCUT2D eigenvalue weighted by Crippen LogP contribution is 2.42. The quantitative estimate of drug-likeness (QED) is 0.654. The van der Waals surface area contributed by atoms with Crippen LogP contribution in [0.4, 0.5) is 18.0 Å². The highest BCUT2D eigenvalue weighted by Gasteiger charge is 2.46. The Morgan fingerprint density at radius 2 is 2.00 bits per heavy atom. The summed E-state index contributed by atoms with van der Waals surface area (Å²) >= 11 is 0. The van der Waals surface area contributed by atoms with Gasteiger partial charge in [0.2, 0.25) is 5.91 Å². The molecular formula is C14H18F3N5O2. The maximum absolute atomic E-state index is 13.2. The van der Waals surface area contributed by atoms with Crippen LogP contribution >= 0.6 is 0 Å². The van der Waals surface area contributed by atoms with Gasteiger partial charge in [0.05, 0.1) is 18.7 Å².